The number of phenols is 1. The number of benzene rings is 2. The van der Waals surface area contributed by atoms with Crippen molar-refractivity contribution in [1.82, 2.24) is 4.90 Å². The van der Waals surface area contributed by atoms with Gasteiger partial charge in [0.25, 0.3) is 5.91 Å². The summed E-state index contributed by atoms with van der Waals surface area (Å²) in [5.41, 5.74) is 1.17. The summed E-state index contributed by atoms with van der Waals surface area (Å²) >= 11 is 7.21. The monoisotopic (exact) mass is 374 g/mol. The summed E-state index contributed by atoms with van der Waals surface area (Å²) in [5.74, 6) is 0.160. The van der Waals surface area contributed by atoms with Crippen LogP contribution in [-0.2, 0) is 4.79 Å². The van der Waals surface area contributed by atoms with Gasteiger partial charge in [-0.15, -0.1) is 0 Å². The Morgan fingerprint density at radius 3 is 2.76 bits per heavy atom. The van der Waals surface area contributed by atoms with Crippen LogP contribution >= 0.6 is 23.4 Å². The van der Waals surface area contributed by atoms with Crippen LogP contribution in [0, 0.1) is 0 Å². The highest BCUT2D eigenvalue weighted by Crippen LogP contribution is 2.37. The Morgan fingerprint density at radius 2 is 2.04 bits per heavy atom. The fraction of sp³-hybridized carbons (Fsp3) is 0.111. The van der Waals surface area contributed by atoms with Crippen LogP contribution in [0.2, 0.25) is 5.02 Å². The molecule has 1 aliphatic heterocycles. The van der Waals surface area contributed by atoms with E-state index in [1.54, 1.807) is 49.5 Å². The van der Waals surface area contributed by atoms with E-state index in [1.165, 1.54) is 23.8 Å². The molecule has 3 rings (SSSR count). The maximum absolute atomic E-state index is 12.5. The number of aromatic hydroxyl groups is 1. The van der Waals surface area contributed by atoms with E-state index in [1.807, 2.05) is 6.07 Å². The number of ether oxygens (including phenoxy) is 1. The molecule has 0 unspecified atom stereocenters. The molecule has 2 aromatic carbocycles. The number of phenolic OH excluding ortho intramolecular Hbond substituents is 1. The van der Waals surface area contributed by atoms with E-state index < -0.39 is 0 Å². The van der Waals surface area contributed by atoms with Gasteiger partial charge in [0.2, 0.25) is 0 Å². The topological polar surface area (TPSA) is 62.1 Å². The summed E-state index contributed by atoms with van der Waals surface area (Å²) < 4.78 is 5.09. The van der Waals surface area contributed by atoms with Crippen molar-refractivity contribution in [2.24, 2.45) is 4.99 Å². The molecule has 1 saturated heterocycles. The predicted octanol–water partition coefficient (Wildman–Crippen LogP) is 4.29. The molecule has 1 aliphatic rings. The highest BCUT2D eigenvalue weighted by Gasteiger charge is 2.30. The fourth-order valence-electron chi connectivity index (χ4n) is 2.27. The molecule has 0 aliphatic carbocycles. The number of carbonyl (C=O) groups is 1. The van der Waals surface area contributed by atoms with E-state index in [9.17, 15) is 9.90 Å². The number of thioether (sulfide) groups is 1. The number of aliphatic imine (C=N–C) groups is 1. The van der Waals surface area contributed by atoms with Crippen molar-refractivity contribution in [3.8, 4) is 11.5 Å². The van der Waals surface area contributed by atoms with Crippen LogP contribution in [0.3, 0.4) is 0 Å². The lowest BCUT2D eigenvalue weighted by Crippen LogP contribution is -2.23. The van der Waals surface area contributed by atoms with Crippen LogP contribution in [-0.4, -0.2) is 35.2 Å². The van der Waals surface area contributed by atoms with Crippen molar-refractivity contribution in [3.05, 3.63) is 58.0 Å². The number of halogens is 1. The second-order valence-corrected chi connectivity index (χ2v) is 6.69. The lowest BCUT2D eigenvalue weighted by molar-refractivity contribution is -0.121. The zero-order chi connectivity index (χ0) is 18.0. The first-order valence-corrected chi connectivity index (χ1v) is 8.57. The Kier molecular flexibility index (Phi) is 5.01. The largest absolute Gasteiger partial charge is 0.504 e. The molecule has 0 saturated carbocycles. The van der Waals surface area contributed by atoms with Crippen molar-refractivity contribution in [1.29, 1.82) is 0 Å². The van der Waals surface area contributed by atoms with Crippen molar-refractivity contribution in [3.63, 3.8) is 0 Å². The molecule has 0 spiro atoms. The number of para-hydroxylation sites is 1. The second-order valence-electron chi connectivity index (χ2n) is 5.25. The number of rotatable bonds is 3. The number of amides is 1. The average Bonchev–Trinajstić information content (AvgIpc) is 2.85. The molecule has 0 atom stereocenters. The van der Waals surface area contributed by atoms with Gasteiger partial charge in [0.15, 0.2) is 16.7 Å². The lowest BCUT2D eigenvalue weighted by atomic mass is 10.1. The highest BCUT2D eigenvalue weighted by molar-refractivity contribution is 8.18. The molecule has 0 radical (unpaired) electrons. The molecule has 2 aromatic rings. The van der Waals surface area contributed by atoms with E-state index in [0.29, 0.717) is 32.1 Å². The van der Waals surface area contributed by atoms with Crippen molar-refractivity contribution >= 4 is 46.2 Å². The predicted molar refractivity (Wildman–Crippen MR) is 102 cm³/mol. The Balaban J connectivity index is 1.94. The molecule has 5 nitrogen and oxygen atoms in total. The number of hydrogen-bond donors (Lipinski definition) is 1. The van der Waals surface area contributed by atoms with Gasteiger partial charge in [-0.1, -0.05) is 29.8 Å². The van der Waals surface area contributed by atoms with Crippen LogP contribution in [0.4, 0.5) is 5.69 Å². The van der Waals surface area contributed by atoms with Crippen LogP contribution in [0.5, 0.6) is 11.5 Å². The van der Waals surface area contributed by atoms with Crippen LogP contribution in [0.1, 0.15) is 5.56 Å². The van der Waals surface area contributed by atoms with Crippen LogP contribution in [0.25, 0.3) is 6.08 Å². The molecule has 1 N–H and O–H groups in total. The number of carbonyl (C=O) groups excluding carboxylic acids is 1. The van der Waals surface area contributed by atoms with Crippen molar-refractivity contribution in [2.45, 2.75) is 0 Å². The Hall–Kier alpha value is -2.44. The third-order valence-corrected chi connectivity index (χ3v) is 4.87. The molecule has 1 fully saturated rings. The van der Waals surface area contributed by atoms with Gasteiger partial charge in [0.05, 0.1) is 17.7 Å². The minimum atomic E-state index is -0.187. The summed E-state index contributed by atoms with van der Waals surface area (Å²) in [6.07, 6.45) is 1.63. The average molecular weight is 375 g/mol. The first-order chi connectivity index (χ1) is 12.0. The van der Waals surface area contributed by atoms with Gasteiger partial charge in [-0.05, 0) is 42.1 Å². The van der Waals surface area contributed by atoms with Gasteiger partial charge in [-0.3, -0.25) is 9.69 Å². The molecular weight excluding hydrogens is 360 g/mol. The first kappa shape index (κ1) is 17.4. The first-order valence-electron chi connectivity index (χ1n) is 7.37. The number of nitrogens with zero attached hydrogens (tertiary/aromatic N) is 2. The quantitative estimate of drug-likeness (QED) is 0.814. The smallest absolute Gasteiger partial charge is 0.266 e. The van der Waals surface area contributed by atoms with E-state index in [2.05, 4.69) is 4.99 Å². The van der Waals surface area contributed by atoms with Gasteiger partial charge < -0.3 is 9.84 Å². The lowest BCUT2D eigenvalue weighted by Gasteiger charge is -2.07. The molecule has 25 heavy (non-hydrogen) atoms. The minimum Gasteiger partial charge on any atom is -0.504 e. The van der Waals surface area contributed by atoms with E-state index in [4.69, 9.17) is 16.3 Å². The molecule has 1 amide bonds. The Bertz CT molecular complexity index is 896. The zero-order valence-electron chi connectivity index (χ0n) is 13.6. The normalized spacial score (nSPS) is 17.6. The van der Waals surface area contributed by atoms with Crippen molar-refractivity contribution in [2.75, 3.05) is 14.2 Å². The van der Waals surface area contributed by atoms with E-state index in [-0.39, 0.29) is 11.7 Å². The molecule has 7 heteroatoms. The third-order valence-electron chi connectivity index (χ3n) is 3.57. The summed E-state index contributed by atoms with van der Waals surface area (Å²) in [7, 11) is 3.13. The van der Waals surface area contributed by atoms with E-state index >= 15 is 0 Å². The summed E-state index contributed by atoms with van der Waals surface area (Å²) in [6.45, 7) is 0. The zero-order valence-corrected chi connectivity index (χ0v) is 15.1. The highest BCUT2D eigenvalue weighted by atomic mass is 35.5. The molecule has 0 bridgehead atoms. The Labute approximate surface area is 154 Å². The fourth-order valence-corrected chi connectivity index (χ4v) is 3.43. The minimum absolute atomic E-state index is 0.00576. The summed E-state index contributed by atoms with van der Waals surface area (Å²) in [6, 6.07) is 12.2. The maximum atomic E-state index is 12.5. The number of amidine groups is 1. The van der Waals surface area contributed by atoms with Crippen LogP contribution < -0.4 is 4.74 Å². The molecule has 0 aromatic heterocycles. The standard InChI is InChI=1S/C18H15ClN2O3S/c1-21-17(23)15(9-11-5-3-8-14(24-2)16(11)22)25-18(21)20-13-7-4-6-12(19)10-13/h3-10,22H,1-2H3/b15-9+,20-18?. The van der Waals surface area contributed by atoms with Crippen molar-refractivity contribution < 1.29 is 14.6 Å². The third kappa shape index (κ3) is 3.65. The van der Waals surface area contributed by atoms with Gasteiger partial charge in [-0.2, -0.15) is 0 Å². The van der Waals surface area contributed by atoms with Gasteiger partial charge in [0.1, 0.15) is 0 Å². The summed E-state index contributed by atoms with van der Waals surface area (Å²) in [4.78, 5) is 18.9. The molecular formula is C18H15ClN2O3S. The summed E-state index contributed by atoms with van der Waals surface area (Å²) in [5, 5.41) is 11.3. The second kappa shape index (κ2) is 7.21. The van der Waals surface area contributed by atoms with Gasteiger partial charge >= 0.3 is 0 Å². The number of likely N-dealkylation sites (N-methyl/N-ethyl adjacent to an activating group) is 1. The molecule has 1 heterocycles. The van der Waals surface area contributed by atoms with Crippen LogP contribution in [0.15, 0.2) is 52.4 Å². The van der Waals surface area contributed by atoms with Gasteiger partial charge in [0, 0.05) is 17.6 Å². The SMILES string of the molecule is COc1cccc(/C=C2/SC(=Nc3cccc(Cl)c3)N(C)C2=O)c1O. The number of methoxy groups -OCH3 is 1. The molecule has 128 valence electrons. The van der Waals surface area contributed by atoms with Gasteiger partial charge in [-0.25, -0.2) is 4.99 Å². The Morgan fingerprint density at radius 1 is 1.28 bits per heavy atom. The number of hydrogen-bond acceptors (Lipinski definition) is 5. The van der Waals surface area contributed by atoms with E-state index in [0.717, 1.165) is 0 Å². The maximum Gasteiger partial charge on any atom is 0.266 e.